The number of anilines is 1. The van der Waals surface area contributed by atoms with Gasteiger partial charge < -0.3 is 10.1 Å². The summed E-state index contributed by atoms with van der Waals surface area (Å²) >= 11 is 0. The van der Waals surface area contributed by atoms with Gasteiger partial charge in [-0.15, -0.1) is 0 Å². The molecule has 1 unspecified atom stereocenters. The number of piperidine rings is 3. The van der Waals surface area contributed by atoms with Gasteiger partial charge in [-0.1, -0.05) is 24.0 Å². The van der Waals surface area contributed by atoms with Gasteiger partial charge in [0.1, 0.15) is 6.07 Å². The van der Waals surface area contributed by atoms with Crippen LogP contribution in [0.25, 0.3) is 10.9 Å². The molecule has 0 spiro atoms. The Morgan fingerprint density at radius 3 is 2.37 bits per heavy atom. The van der Waals surface area contributed by atoms with E-state index in [1.54, 1.807) is 4.68 Å². The molecule has 0 saturated carbocycles. The quantitative estimate of drug-likeness (QED) is 0.178. The predicted octanol–water partition coefficient (Wildman–Crippen LogP) is 4.63. The Morgan fingerprint density at radius 2 is 1.70 bits per heavy atom. The molecule has 2 amide bonds. The second-order valence-electron chi connectivity index (χ2n) is 15.1. The molecule has 0 radical (unpaired) electrons. The van der Waals surface area contributed by atoms with E-state index in [9.17, 15) is 32.0 Å². The van der Waals surface area contributed by atoms with Gasteiger partial charge in [0.2, 0.25) is 27.8 Å². The zero-order chi connectivity index (χ0) is 40.5. The van der Waals surface area contributed by atoms with Gasteiger partial charge in [0, 0.05) is 56.6 Å². The molecular weight excluding hydrogens is 757 g/mol. The summed E-state index contributed by atoms with van der Waals surface area (Å²) < 4.78 is 59.8. The maximum atomic E-state index is 13.7. The molecule has 2 aromatic carbocycles. The van der Waals surface area contributed by atoms with Crippen LogP contribution in [0.5, 0.6) is 5.75 Å². The Kier molecular flexibility index (Phi) is 11.3. The Labute approximate surface area is 329 Å². The fourth-order valence-electron chi connectivity index (χ4n) is 7.85. The Hall–Kier alpha value is -5.49. The molecular formula is C40H43F2N9O5S. The van der Waals surface area contributed by atoms with Crippen molar-refractivity contribution >= 4 is 38.7 Å². The van der Waals surface area contributed by atoms with E-state index in [0.717, 1.165) is 49.2 Å². The monoisotopic (exact) mass is 799 g/mol. The SMILES string of the molecule is Cn1nc(C2CCC(=O)NC2=O)c2ccc(C3CCN(C(C)(C)C#Cc4cc(S(=O)(=O)N5CCC(Nc6ncc(OC(F)F)cn6)CC5)ccc4C#N)CC3)cc21. The van der Waals surface area contributed by atoms with Crippen molar-refractivity contribution in [1.82, 2.24) is 34.3 Å². The van der Waals surface area contributed by atoms with Crippen molar-refractivity contribution in [2.45, 2.75) is 87.3 Å². The highest BCUT2D eigenvalue weighted by molar-refractivity contribution is 7.89. The maximum Gasteiger partial charge on any atom is 0.387 e. The average Bonchev–Trinajstić information content (AvgIpc) is 3.52. The Balaban J connectivity index is 0.979. The van der Waals surface area contributed by atoms with Crippen LogP contribution in [0.1, 0.15) is 86.6 Å². The van der Waals surface area contributed by atoms with Crippen molar-refractivity contribution in [3.05, 3.63) is 71.2 Å². The van der Waals surface area contributed by atoms with Crippen molar-refractivity contribution in [3.8, 4) is 23.7 Å². The molecule has 7 rings (SSSR count). The van der Waals surface area contributed by atoms with Gasteiger partial charge in [-0.05, 0) is 81.7 Å². The summed E-state index contributed by atoms with van der Waals surface area (Å²) in [4.78, 5) is 34.6. The van der Waals surface area contributed by atoms with Crippen molar-refractivity contribution < 1.29 is 31.5 Å². The van der Waals surface area contributed by atoms with E-state index in [0.29, 0.717) is 42.9 Å². The smallest absolute Gasteiger partial charge is 0.387 e. The summed E-state index contributed by atoms with van der Waals surface area (Å²) in [6.07, 6.45) is 5.75. The molecule has 3 aliphatic heterocycles. The lowest BCUT2D eigenvalue weighted by Crippen LogP contribution is -2.47. The number of sulfonamides is 1. The lowest BCUT2D eigenvalue weighted by molar-refractivity contribution is -0.134. The number of carbonyl (C=O) groups excluding carboxylic acids is 2. The van der Waals surface area contributed by atoms with Crippen LogP contribution in [0.2, 0.25) is 0 Å². The van der Waals surface area contributed by atoms with Gasteiger partial charge in [-0.2, -0.15) is 23.4 Å². The van der Waals surface area contributed by atoms with Crippen LogP contribution < -0.4 is 15.4 Å². The number of rotatable bonds is 9. The number of hydrogen-bond donors (Lipinski definition) is 2. The summed E-state index contributed by atoms with van der Waals surface area (Å²) in [6, 6.07) is 12.7. The third-order valence-corrected chi connectivity index (χ3v) is 13.0. The second kappa shape index (κ2) is 16.2. The number of nitriles is 1. The first kappa shape index (κ1) is 39.7. The summed E-state index contributed by atoms with van der Waals surface area (Å²) in [7, 11) is -2.02. The maximum absolute atomic E-state index is 13.7. The second-order valence-corrected chi connectivity index (χ2v) is 17.1. The van der Waals surface area contributed by atoms with Crippen molar-refractivity contribution in [2.75, 3.05) is 31.5 Å². The minimum atomic E-state index is -3.89. The minimum Gasteiger partial charge on any atom is -0.432 e. The molecule has 14 nitrogen and oxygen atoms in total. The molecule has 2 N–H and O–H groups in total. The summed E-state index contributed by atoms with van der Waals surface area (Å²) in [6.45, 7) is 3.11. The molecule has 3 fully saturated rings. The predicted molar refractivity (Wildman–Crippen MR) is 206 cm³/mol. The molecule has 4 aromatic rings. The highest BCUT2D eigenvalue weighted by atomic mass is 32.2. The number of amides is 2. The normalized spacial score (nSPS) is 19.2. The highest BCUT2D eigenvalue weighted by Crippen LogP contribution is 2.36. The third-order valence-electron chi connectivity index (χ3n) is 11.1. The molecule has 5 heterocycles. The number of imide groups is 1. The van der Waals surface area contributed by atoms with E-state index in [4.69, 9.17) is 0 Å². The number of aromatic nitrogens is 4. The first-order valence-corrected chi connectivity index (χ1v) is 20.3. The molecule has 57 heavy (non-hydrogen) atoms. The zero-order valence-corrected chi connectivity index (χ0v) is 32.7. The number of nitrogens with one attached hydrogen (secondary N) is 2. The van der Waals surface area contributed by atoms with Gasteiger partial charge in [0.05, 0.1) is 45.5 Å². The molecule has 3 aliphatic rings. The van der Waals surface area contributed by atoms with E-state index in [1.807, 2.05) is 27.0 Å². The molecule has 0 aliphatic carbocycles. The van der Waals surface area contributed by atoms with Gasteiger partial charge >= 0.3 is 6.61 Å². The molecule has 17 heteroatoms. The molecule has 2 aromatic heterocycles. The molecule has 1 atom stereocenters. The summed E-state index contributed by atoms with van der Waals surface area (Å²) in [5.41, 5.74) is 2.90. The van der Waals surface area contributed by atoms with E-state index >= 15 is 0 Å². The van der Waals surface area contributed by atoms with Gasteiger partial charge in [0.25, 0.3) is 0 Å². The number of likely N-dealkylation sites (tertiary alicyclic amines) is 1. The van der Waals surface area contributed by atoms with Crippen LogP contribution >= 0.6 is 0 Å². The van der Waals surface area contributed by atoms with E-state index in [2.05, 4.69) is 65.4 Å². The van der Waals surface area contributed by atoms with Crippen LogP contribution in [0.3, 0.4) is 0 Å². The Bertz CT molecular complexity index is 2390. The van der Waals surface area contributed by atoms with Crippen LogP contribution in [-0.2, 0) is 26.7 Å². The van der Waals surface area contributed by atoms with Crippen molar-refractivity contribution in [2.24, 2.45) is 7.05 Å². The first-order valence-electron chi connectivity index (χ1n) is 18.9. The molecule has 298 valence electrons. The number of alkyl halides is 2. The number of hydrogen-bond acceptors (Lipinski definition) is 11. The topological polar surface area (TPSA) is 175 Å². The van der Waals surface area contributed by atoms with Crippen LogP contribution in [-0.4, -0.2) is 93.6 Å². The molecule has 0 bridgehead atoms. The standard InChI is InChI=1S/C40H43F2N9O5S/c1-40(2,50-16-11-25(12-17-50)26-5-7-32-34(21-26)49(3)48-36(32)33-8-9-35(52)47-37(33)53)15-10-27-20-31(6-4-28(27)22-43)57(54,55)51-18-13-29(14-19-51)46-39-44-23-30(24-45-39)56-38(41)42/h4-7,20-21,23-25,29,33,38H,8-9,11-14,16-19H2,1-3H3,(H,44,45,46)(H,47,52,53). The number of aryl methyl sites for hydroxylation is 1. The van der Waals surface area contributed by atoms with Crippen molar-refractivity contribution in [1.29, 1.82) is 5.26 Å². The van der Waals surface area contributed by atoms with Crippen LogP contribution in [0.15, 0.2) is 53.7 Å². The van der Waals surface area contributed by atoms with Crippen LogP contribution in [0.4, 0.5) is 14.7 Å². The number of fused-ring (bicyclic) bond motifs is 1. The van der Waals surface area contributed by atoms with Gasteiger partial charge in [-0.25, -0.2) is 18.4 Å². The average molecular weight is 800 g/mol. The highest BCUT2D eigenvalue weighted by Gasteiger charge is 2.34. The lowest BCUT2D eigenvalue weighted by Gasteiger charge is -2.40. The van der Waals surface area contributed by atoms with Crippen LogP contribution in [0, 0.1) is 23.2 Å². The largest absolute Gasteiger partial charge is 0.432 e. The van der Waals surface area contributed by atoms with Gasteiger partial charge in [-0.3, -0.25) is 24.5 Å². The lowest BCUT2D eigenvalue weighted by atomic mass is 9.86. The van der Waals surface area contributed by atoms with Gasteiger partial charge in [0.15, 0.2) is 5.75 Å². The first-order chi connectivity index (χ1) is 27.2. The minimum absolute atomic E-state index is 0.0587. The van der Waals surface area contributed by atoms with E-state index in [-0.39, 0.29) is 53.1 Å². The van der Waals surface area contributed by atoms with E-state index < -0.39 is 28.1 Å². The number of ether oxygens (including phenoxy) is 1. The fraction of sp³-hybridized carbons (Fsp3) is 0.450. The zero-order valence-electron chi connectivity index (χ0n) is 31.8. The summed E-state index contributed by atoms with van der Waals surface area (Å²) in [5, 5.41) is 21.0. The van der Waals surface area contributed by atoms with Crippen molar-refractivity contribution in [3.63, 3.8) is 0 Å². The summed E-state index contributed by atoms with van der Waals surface area (Å²) in [5.74, 6) is 5.84. The fourth-order valence-corrected chi connectivity index (χ4v) is 9.35. The number of halogens is 2. The Morgan fingerprint density at radius 1 is 0.982 bits per heavy atom. The number of benzene rings is 2. The third kappa shape index (κ3) is 8.61. The number of carbonyl (C=O) groups is 2. The van der Waals surface area contributed by atoms with E-state index in [1.165, 1.54) is 28.1 Å². The number of nitrogens with zero attached hydrogens (tertiary/aromatic N) is 7. The molecule has 3 saturated heterocycles.